The molecule has 36 heavy (non-hydrogen) atoms. The maximum Gasteiger partial charge on any atom is 0.101 e. The monoisotopic (exact) mass is 545 g/mol. The van der Waals surface area contributed by atoms with Crippen LogP contribution < -0.4 is 0 Å². The van der Waals surface area contributed by atoms with E-state index in [1.165, 1.54) is 30.6 Å². The van der Waals surface area contributed by atoms with Gasteiger partial charge in [-0.2, -0.15) is 0 Å². The van der Waals surface area contributed by atoms with Gasteiger partial charge in [-0.3, -0.25) is 0 Å². The lowest BCUT2D eigenvalue weighted by Gasteiger charge is -1.76. The number of thiazole rings is 1. The van der Waals surface area contributed by atoms with Gasteiger partial charge in [0.15, 0.2) is 0 Å². The summed E-state index contributed by atoms with van der Waals surface area (Å²) >= 11 is 5.38. The Kier molecular flexibility index (Phi) is 16.7. The highest BCUT2D eigenvalue weighted by molar-refractivity contribution is 7.12. The summed E-state index contributed by atoms with van der Waals surface area (Å²) in [5, 5.41) is 3.31. The van der Waals surface area contributed by atoms with Crippen LogP contribution in [0.15, 0.2) is 63.1 Å². The summed E-state index contributed by atoms with van der Waals surface area (Å²) in [7, 11) is 0. The summed E-state index contributed by atoms with van der Waals surface area (Å²) in [6.07, 6.45) is 3.63. The molecule has 6 heteroatoms. The molecule has 0 N–H and O–H groups in total. The Morgan fingerprint density at radius 1 is 0.611 bits per heavy atom. The average molecular weight is 546 g/mol. The average Bonchev–Trinajstić information content (AvgIpc) is 3.59. The Bertz CT molecular complexity index is 916. The molecule has 0 spiro atoms. The van der Waals surface area contributed by atoms with E-state index in [9.17, 15) is 0 Å². The molecule has 0 aliphatic rings. The van der Waals surface area contributed by atoms with Crippen LogP contribution in [0.1, 0.15) is 60.4 Å². The van der Waals surface area contributed by atoms with Crippen molar-refractivity contribution in [1.29, 1.82) is 0 Å². The van der Waals surface area contributed by atoms with Gasteiger partial charge < -0.3 is 8.83 Å². The lowest BCUT2D eigenvalue weighted by Crippen LogP contribution is -1.57. The van der Waals surface area contributed by atoms with Crippen molar-refractivity contribution in [3.63, 3.8) is 0 Å². The van der Waals surface area contributed by atoms with Gasteiger partial charge in [-0.15, -0.1) is 34.0 Å². The molecule has 5 aromatic rings. The van der Waals surface area contributed by atoms with E-state index in [0.29, 0.717) is 0 Å². The minimum Gasteiger partial charge on any atom is -0.469 e. The molecule has 5 rings (SSSR count). The van der Waals surface area contributed by atoms with E-state index in [4.69, 9.17) is 8.83 Å². The number of thiophene rings is 2. The molecule has 0 unspecified atom stereocenters. The molecule has 0 atom stereocenters. The highest BCUT2D eigenvalue weighted by Crippen LogP contribution is 2.12. The van der Waals surface area contributed by atoms with Gasteiger partial charge >= 0.3 is 0 Å². The van der Waals surface area contributed by atoms with Crippen LogP contribution in [-0.2, 0) is 0 Å². The first-order valence-electron chi connectivity index (χ1n) is 11.4. The van der Waals surface area contributed by atoms with Crippen LogP contribution in [-0.4, -0.2) is 4.98 Å². The van der Waals surface area contributed by atoms with Crippen LogP contribution in [0.2, 0.25) is 0 Å². The number of rotatable bonds is 0. The molecule has 198 valence electrons. The molecular formula is C30H43NO2S3. The van der Waals surface area contributed by atoms with Gasteiger partial charge in [-0.05, 0) is 122 Å². The smallest absolute Gasteiger partial charge is 0.101 e. The maximum absolute atomic E-state index is 5.08. The van der Waals surface area contributed by atoms with E-state index < -0.39 is 0 Å². The third-order valence-electron chi connectivity index (χ3n) is 4.21. The third-order valence-corrected chi connectivity index (χ3v) is 6.93. The van der Waals surface area contributed by atoms with Crippen LogP contribution in [0, 0.1) is 69.2 Å². The number of aromatic nitrogens is 1. The van der Waals surface area contributed by atoms with Crippen molar-refractivity contribution in [2.75, 3.05) is 0 Å². The predicted octanol–water partition coefficient (Wildman–Crippen LogP) is 10.9. The lowest BCUT2D eigenvalue weighted by atomic mass is 10.4. The largest absolute Gasteiger partial charge is 0.469 e. The molecule has 0 radical (unpaired) electrons. The third kappa shape index (κ3) is 16.3. The first-order valence-corrected chi connectivity index (χ1v) is 13.9. The Morgan fingerprint density at radius 2 is 1.19 bits per heavy atom. The molecule has 0 bridgehead atoms. The van der Waals surface area contributed by atoms with Gasteiger partial charge in [0.1, 0.15) is 17.3 Å². The highest BCUT2D eigenvalue weighted by Gasteiger charge is 1.88. The van der Waals surface area contributed by atoms with Crippen LogP contribution >= 0.6 is 34.0 Å². The van der Waals surface area contributed by atoms with E-state index in [1.54, 1.807) is 28.9 Å². The van der Waals surface area contributed by atoms with Gasteiger partial charge in [0.25, 0.3) is 0 Å². The zero-order valence-corrected chi connectivity index (χ0v) is 25.1. The fourth-order valence-corrected chi connectivity index (χ4v) is 4.88. The Morgan fingerprint density at radius 3 is 1.33 bits per heavy atom. The van der Waals surface area contributed by atoms with Gasteiger partial charge in [0.05, 0.1) is 11.3 Å². The van der Waals surface area contributed by atoms with E-state index in [1.807, 2.05) is 70.4 Å². The topological polar surface area (TPSA) is 39.2 Å². The van der Waals surface area contributed by atoms with Crippen LogP contribution in [0.4, 0.5) is 0 Å². The van der Waals surface area contributed by atoms with E-state index >= 15 is 0 Å². The standard InChI is InChI=1S/2C6H8O.2C6H8S.C5H7NS.CH4/c1-5-3-6(2)7-4-5;1-5-3-4-6(2)7-5;1-5-3-6(2)7-4-5;1-5-3-4-6(2)7-5;1-4-3-6-5(2)7-4;/h4*3-4H,1-2H3;3H,1-2H3;1H4. The zero-order valence-electron chi connectivity index (χ0n) is 22.7. The van der Waals surface area contributed by atoms with Gasteiger partial charge in [-0.25, -0.2) is 4.98 Å². The fraction of sp³-hybridized carbons (Fsp3) is 0.367. The van der Waals surface area contributed by atoms with Gasteiger partial charge in [0.2, 0.25) is 0 Å². The summed E-state index contributed by atoms with van der Waals surface area (Å²) < 4.78 is 10.0. The fourth-order valence-electron chi connectivity index (χ4n) is 2.73. The number of furan rings is 2. The molecule has 0 saturated carbocycles. The highest BCUT2D eigenvalue weighted by atomic mass is 32.1. The van der Waals surface area contributed by atoms with Gasteiger partial charge in [0, 0.05) is 25.7 Å². The molecular weight excluding hydrogens is 503 g/mol. The van der Waals surface area contributed by atoms with E-state index in [-0.39, 0.29) is 7.43 Å². The second kappa shape index (κ2) is 17.9. The number of nitrogens with zero attached hydrogens (tertiary/aromatic N) is 1. The molecule has 0 aliphatic carbocycles. The Balaban J connectivity index is 0.000000422. The Hall–Kier alpha value is -2.41. The molecule has 0 saturated heterocycles. The number of hydrogen-bond donors (Lipinski definition) is 0. The number of aryl methyl sites for hydroxylation is 10. The summed E-state index contributed by atoms with van der Waals surface area (Å²) in [5.41, 5.74) is 2.57. The van der Waals surface area contributed by atoms with Crippen molar-refractivity contribution in [3.05, 3.63) is 107 Å². The molecule has 0 amide bonds. The van der Waals surface area contributed by atoms with Crippen molar-refractivity contribution in [2.45, 2.75) is 76.7 Å². The maximum atomic E-state index is 5.08. The normalized spacial score (nSPS) is 9.17. The van der Waals surface area contributed by atoms with Crippen molar-refractivity contribution < 1.29 is 8.83 Å². The first kappa shape index (κ1) is 33.6. The minimum absolute atomic E-state index is 0. The molecule has 5 aromatic heterocycles. The summed E-state index contributed by atoms with van der Waals surface area (Å²) in [6.45, 7) is 20.4. The van der Waals surface area contributed by atoms with Crippen molar-refractivity contribution in [1.82, 2.24) is 4.98 Å². The minimum atomic E-state index is 0. The molecule has 3 nitrogen and oxygen atoms in total. The predicted molar refractivity (Wildman–Crippen MR) is 162 cm³/mol. The second-order valence-corrected chi connectivity index (χ2v) is 12.3. The summed E-state index contributed by atoms with van der Waals surface area (Å²) in [5.74, 6) is 2.95. The van der Waals surface area contributed by atoms with Crippen LogP contribution in [0.3, 0.4) is 0 Å². The second-order valence-electron chi connectivity index (χ2n) is 8.27. The summed E-state index contributed by atoms with van der Waals surface area (Å²) in [4.78, 5) is 9.53. The Labute approximate surface area is 230 Å². The quantitative estimate of drug-likeness (QED) is 0.194. The van der Waals surface area contributed by atoms with Crippen molar-refractivity contribution in [2.24, 2.45) is 0 Å². The van der Waals surface area contributed by atoms with Crippen molar-refractivity contribution in [3.8, 4) is 0 Å². The van der Waals surface area contributed by atoms with E-state index in [2.05, 4.69) is 63.2 Å². The summed E-state index contributed by atoms with van der Waals surface area (Å²) in [6, 6.07) is 12.4. The van der Waals surface area contributed by atoms with E-state index in [0.717, 1.165) is 22.3 Å². The number of hydrogen-bond acceptors (Lipinski definition) is 6. The molecule has 5 heterocycles. The van der Waals surface area contributed by atoms with Crippen LogP contribution in [0.25, 0.3) is 0 Å². The zero-order chi connectivity index (χ0) is 26.4. The van der Waals surface area contributed by atoms with Gasteiger partial charge in [-0.1, -0.05) is 7.43 Å². The molecule has 0 aliphatic heterocycles. The molecule has 0 fully saturated rings. The van der Waals surface area contributed by atoms with Crippen molar-refractivity contribution >= 4 is 34.0 Å². The van der Waals surface area contributed by atoms with Crippen LogP contribution in [0.5, 0.6) is 0 Å². The SMILES string of the molecule is C.Cc1ccc(C)o1.Cc1ccc(C)s1.Cc1cnc(C)s1.Cc1coc(C)c1.Cc1csc(C)c1. The molecule has 0 aromatic carbocycles. The first-order chi connectivity index (χ1) is 16.4. The lowest BCUT2D eigenvalue weighted by molar-refractivity contribution is 0.504.